The van der Waals surface area contributed by atoms with Gasteiger partial charge in [0, 0.05) is 44.6 Å². The van der Waals surface area contributed by atoms with Gasteiger partial charge in [-0.1, -0.05) is 0 Å². The van der Waals surface area contributed by atoms with Crippen molar-refractivity contribution in [1.82, 2.24) is 25.1 Å². The van der Waals surface area contributed by atoms with E-state index in [-0.39, 0.29) is 12.5 Å². The van der Waals surface area contributed by atoms with Crippen LogP contribution in [0.2, 0.25) is 0 Å². The predicted octanol–water partition coefficient (Wildman–Crippen LogP) is 0.129. The molecule has 1 fully saturated rings. The fourth-order valence-corrected chi connectivity index (χ4v) is 2.78. The highest BCUT2D eigenvalue weighted by molar-refractivity contribution is 5.75. The third-order valence-electron chi connectivity index (χ3n) is 4.12. The van der Waals surface area contributed by atoms with Crippen molar-refractivity contribution in [3.8, 4) is 0 Å². The lowest BCUT2D eigenvalue weighted by Crippen LogP contribution is -2.45. The maximum atomic E-state index is 12.0. The number of nitrogens with one attached hydrogen (secondary N) is 1. The van der Waals surface area contributed by atoms with Crippen LogP contribution in [0.1, 0.15) is 18.5 Å². The summed E-state index contributed by atoms with van der Waals surface area (Å²) in [5, 5.41) is 17.7. The lowest BCUT2D eigenvalue weighted by molar-refractivity contribution is -0.122. The molecule has 0 saturated carbocycles. The van der Waals surface area contributed by atoms with Crippen LogP contribution in [0.4, 0.5) is 5.95 Å². The van der Waals surface area contributed by atoms with Crippen LogP contribution in [0.25, 0.3) is 0 Å². The molecule has 1 aliphatic heterocycles. The molecule has 2 aromatic heterocycles. The summed E-state index contributed by atoms with van der Waals surface area (Å²) < 4.78 is 1.74. The number of anilines is 1. The summed E-state index contributed by atoms with van der Waals surface area (Å²) in [6, 6.07) is 3.66. The Morgan fingerprint density at radius 1 is 1.42 bits per heavy atom. The zero-order valence-corrected chi connectivity index (χ0v) is 13.7. The van der Waals surface area contributed by atoms with Crippen LogP contribution in [0.5, 0.6) is 0 Å². The Labute approximate surface area is 140 Å². The minimum Gasteiger partial charge on any atom is -0.386 e. The number of aryl methyl sites for hydroxylation is 2. The Bertz CT molecular complexity index is 689. The molecule has 1 amide bonds. The van der Waals surface area contributed by atoms with Crippen molar-refractivity contribution in [1.29, 1.82) is 0 Å². The van der Waals surface area contributed by atoms with Gasteiger partial charge in [0.1, 0.15) is 5.60 Å². The first kappa shape index (κ1) is 16.4. The monoisotopic (exact) mass is 330 g/mol. The molecule has 1 atom stereocenters. The number of aliphatic hydroxyl groups is 1. The van der Waals surface area contributed by atoms with E-state index in [2.05, 4.69) is 20.4 Å². The zero-order valence-electron chi connectivity index (χ0n) is 13.7. The van der Waals surface area contributed by atoms with Gasteiger partial charge in [-0.2, -0.15) is 5.10 Å². The second-order valence-corrected chi connectivity index (χ2v) is 6.19. The highest BCUT2D eigenvalue weighted by Crippen LogP contribution is 2.23. The van der Waals surface area contributed by atoms with Crippen LogP contribution >= 0.6 is 0 Å². The molecule has 8 heteroatoms. The average molecular weight is 330 g/mol. The molecule has 2 N–H and O–H groups in total. The molecule has 3 rings (SSSR count). The normalized spacial score (nSPS) is 20.3. The van der Waals surface area contributed by atoms with Gasteiger partial charge in [0.2, 0.25) is 11.9 Å². The smallest absolute Gasteiger partial charge is 0.225 e. The number of carbonyl (C=O) groups is 1. The highest BCUT2D eigenvalue weighted by atomic mass is 16.3. The fourth-order valence-electron chi connectivity index (χ4n) is 2.78. The topological polar surface area (TPSA) is 96.2 Å². The molecular formula is C16H22N6O2. The van der Waals surface area contributed by atoms with E-state index in [0.29, 0.717) is 38.4 Å². The summed E-state index contributed by atoms with van der Waals surface area (Å²) in [6.45, 7) is 3.75. The van der Waals surface area contributed by atoms with Gasteiger partial charge in [-0.3, -0.25) is 9.48 Å². The number of rotatable bonds is 6. The molecule has 0 unspecified atom stereocenters. The molecule has 1 saturated heterocycles. The number of aromatic nitrogens is 4. The molecule has 2 aromatic rings. The van der Waals surface area contributed by atoms with E-state index in [1.54, 1.807) is 23.1 Å². The maximum Gasteiger partial charge on any atom is 0.225 e. The lowest BCUT2D eigenvalue weighted by Gasteiger charge is -2.23. The van der Waals surface area contributed by atoms with E-state index < -0.39 is 5.60 Å². The molecule has 0 aliphatic carbocycles. The Balaban J connectivity index is 1.45. The number of hydrogen-bond donors (Lipinski definition) is 2. The first-order valence-electron chi connectivity index (χ1n) is 8.05. The Kier molecular flexibility index (Phi) is 4.75. The van der Waals surface area contributed by atoms with Gasteiger partial charge in [0.15, 0.2) is 0 Å². The summed E-state index contributed by atoms with van der Waals surface area (Å²) in [7, 11) is 0. The Hall–Kier alpha value is -2.48. The van der Waals surface area contributed by atoms with Crippen molar-refractivity contribution in [2.45, 2.75) is 31.9 Å². The summed E-state index contributed by atoms with van der Waals surface area (Å²) in [5.41, 5.74) is -0.0177. The maximum absolute atomic E-state index is 12.0. The van der Waals surface area contributed by atoms with Crippen LogP contribution in [0.15, 0.2) is 30.7 Å². The average Bonchev–Trinajstić information content (AvgIpc) is 3.18. The van der Waals surface area contributed by atoms with Crippen molar-refractivity contribution in [3.63, 3.8) is 0 Å². The molecule has 0 bridgehead atoms. The highest BCUT2D eigenvalue weighted by Gasteiger charge is 2.37. The van der Waals surface area contributed by atoms with Gasteiger partial charge < -0.3 is 15.3 Å². The summed E-state index contributed by atoms with van der Waals surface area (Å²) in [6.07, 6.45) is 6.12. The van der Waals surface area contributed by atoms with Gasteiger partial charge in [-0.15, -0.1) is 0 Å². The number of hydrogen-bond acceptors (Lipinski definition) is 6. The van der Waals surface area contributed by atoms with E-state index in [1.165, 1.54) is 0 Å². The minimum atomic E-state index is -0.947. The van der Waals surface area contributed by atoms with Crippen LogP contribution in [0.3, 0.4) is 0 Å². The molecule has 3 heterocycles. The quantitative estimate of drug-likeness (QED) is 0.781. The molecule has 8 nitrogen and oxygen atoms in total. The Morgan fingerprint density at radius 2 is 2.21 bits per heavy atom. The van der Waals surface area contributed by atoms with Crippen molar-refractivity contribution < 1.29 is 9.90 Å². The van der Waals surface area contributed by atoms with E-state index in [4.69, 9.17) is 0 Å². The van der Waals surface area contributed by atoms with E-state index in [1.807, 2.05) is 24.1 Å². The van der Waals surface area contributed by atoms with Crippen LogP contribution in [0, 0.1) is 6.92 Å². The predicted molar refractivity (Wildman–Crippen MR) is 88.4 cm³/mol. The molecular weight excluding hydrogens is 308 g/mol. The number of nitrogens with zero attached hydrogens (tertiary/aromatic N) is 5. The fraction of sp³-hybridized carbons (Fsp3) is 0.500. The van der Waals surface area contributed by atoms with E-state index >= 15 is 0 Å². The molecule has 0 radical (unpaired) electrons. The summed E-state index contributed by atoms with van der Waals surface area (Å²) >= 11 is 0. The van der Waals surface area contributed by atoms with Crippen molar-refractivity contribution in [3.05, 3.63) is 36.4 Å². The standard InChI is InChI=1S/C16H22N6O2/c1-13-3-8-22(20-13)9-4-14(23)19-11-16(24)5-10-21(12-16)15-17-6-2-7-18-15/h2-3,6-8,24H,4-5,9-12H2,1H3,(H,19,23)/t16-/m0/s1. The first-order chi connectivity index (χ1) is 11.5. The minimum absolute atomic E-state index is 0.0917. The van der Waals surface area contributed by atoms with Gasteiger partial charge in [0.05, 0.1) is 12.2 Å². The number of carbonyl (C=O) groups excluding carboxylic acids is 1. The lowest BCUT2D eigenvalue weighted by atomic mass is 10.0. The number of β-amino-alcohol motifs (C(OH)–C–C–N with tert-alkyl or cyclic N) is 1. The second kappa shape index (κ2) is 6.96. The van der Waals surface area contributed by atoms with Gasteiger partial charge in [0.25, 0.3) is 0 Å². The van der Waals surface area contributed by atoms with Crippen molar-refractivity contribution in [2.24, 2.45) is 0 Å². The third kappa shape index (κ3) is 4.08. The van der Waals surface area contributed by atoms with Crippen molar-refractivity contribution >= 4 is 11.9 Å². The molecule has 24 heavy (non-hydrogen) atoms. The van der Waals surface area contributed by atoms with Gasteiger partial charge in [-0.25, -0.2) is 9.97 Å². The Morgan fingerprint density at radius 3 is 2.92 bits per heavy atom. The van der Waals surface area contributed by atoms with Gasteiger partial charge >= 0.3 is 0 Å². The largest absolute Gasteiger partial charge is 0.386 e. The zero-order chi connectivity index (χ0) is 17.0. The third-order valence-corrected chi connectivity index (χ3v) is 4.12. The van der Waals surface area contributed by atoms with E-state index in [9.17, 15) is 9.90 Å². The molecule has 0 aromatic carbocycles. The summed E-state index contributed by atoms with van der Waals surface area (Å²) in [5.74, 6) is 0.514. The first-order valence-corrected chi connectivity index (χ1v) is 8.05. The molecule has 0 spiro atoms. The SMILES string of the molecule is Cc1ccn(CCC(=O)NC[C@@]2(O)CCN(c3ncccn3)C2)n1. The number of amides is 1. The molecule has 1 aliphatic rings. The second-order valence-electron chi connectivity index (χ2n) is 6.19. The van der Waals surface area contributed by atoms with Crippen LogP contribution in [-0.2, 0) is 11.3 Å². The van der Waals surface area contributed by atoms with Crippen LogP contribution in [-0.4, -0.2) is 56.0 Å². The van der Waals surface area contributed by atoms with Crippen molar-refractivity contribution in [2.75, 3.05) is 24.5 Å². The summed E-state index contributed by atoms with van der Waals surface area (Å²) in [4.78, 5) is 22.3. The van der Waals surface area contributed by atoms with E-state index in [0.717, 1.165) is 5.69 Å². The van der Waals surface area contributed by atoms with Gasteiger partial charge in [-0.05, 0) is 25.5 Å². The molecule has 128 valence electrons. The van der Waals surface area contributed by atoms with Crippen LogP contribution < -0.4 is 10.2 Å².